The van der Waals surface area contributed by atoms with E-state index in [0.29, 0.717) is 11.1 Å². The Morgan fingerprint density at radius 1 is 1.50 bits per heavy atom. The van der Waals surface area contributed by atoms with Crippen LogP contribution in [-0.4, -0.2) is 23.3 Å². The molecule has 0 atom stereocenters. The van der Waals surface area contributed by atoms with E-state index in [-0.39, 0.29) is 6.61 Å². The lowest BCUT2D eigenvalue weighted by molar-refractivity contribution is 0.201. The van der Waals surface area contributed by atoms with Gasteiger partial charge in [0.1, 0.15) is 12.4 Å². The predicted octanol–water partition coefficient (Wildman–Crippen LogP) is 2.32. The number of halogens is 1. The van der Waals surface area contributed by atoms with Crippen molar-refractivity contribution in [3.05, 3.63) is 22.7 Å². The summed E-state index contributed by atoms with van der Waals surface area (Å²) in [6.07, 6.45) is 0. The summed E-state index contributed by atoms with van der Waals surface area (Å²) in [6, 6.07) is 5.53. The van der Waals surface area contributed by atoms with Crippen molar-refractivity contribution in [3.8, 4) is 5.75 Å². The molecule has 0 radical (unpaired) electrons. The minimum Gasteiger partial charge on any atom is -0.491 e. The first-order chi connectivity index (χ1) is 6.79. The van der Waals surface area contributed by atoms with Crippen LogP contribution in [0.15, 0.2) is 18.2 Å². The molecule has 0 saturated heterocycles. The summed E-state index contributed by atoms with van der Waals surface area (Å²) in [6.45, 7) is 0.319. The van der Waals surface area contributed by atoms with E-state index in [1.807, 2.05) is 18.2 Å². The standard InChI is InChI=1S/C9H8ClNO2S/c10-9-11-7-2-1-6(13-4-3-12)5-8(7)14-9/h1-2,5,12H,3-4H2. The molecule has 3 nitrogen and oxygen atoms in total. The number of nitrogens with zero attached hydrogens (tertiary/aromatic N) is 1. The largest absolute Gasteiger partial charge is 0.491 e. The molecule has 5 heteroatoms. The SMILES string of the molecule is OCCOc1ccc2nc(Cl)sc2c1. The molecule has 2 rings (SSSR count). The minimum atomic E-state index is 0.0154. The van der Waals surface area contributed by atoms with Crippen LogP contribution in [0.4, 0.5) is 0 Å². The third-order valence-electron chi connectivity index (χ3n) is 1.69. The molecule has 2 aromatic rings. The minimum absolute atomic E-state index is 0.0154. The van der Waals surface area contributed by atoms with Gasteiger partial charge in [-0.1, -0.05) is 11.6 Å². The van der Waals surface area contributed by atoms with Crippen molar-refractivity contribution < 1.29 is 9.84 Å². The number of hydrogen-bond acceptors (Lipinski definition) is 4. The van der Waals surface area contributed by atoms with Gasteiger partial charge in [0.2, 0.25) is 0 Å². The lowest BCUT2D eigenvalue weighted by Crippen LogP contribution is -2.00. The lowest BCUT2D eigenvalue weighted by Gasteiger charge is -2.02. The number of thiazole rings is 1. The fraction of sp³-hybridized carbons (Fsp3) is 0.222. The molecule has 14 heavy (non-hydrogen) atoms. The van der Waals surface area contributed by atoms with Crippen molar-refractivity contribution in [1.82, 2.24) is 4.98 Å². The van der Waals surface area contributed by atoms with Gasteiger partial charge in [-0.2, -0.15) is 0 Å². The monoisotopic (exact) mass is 229 g/mol. The number of hydrogen-bond donors (Lipinski definition) is 1. The van der Waals surface area contributed by atoms with Crippen molar-refractivity contribution >= 4 is 33.2 Å². The number of fused-ring (bicyclic) bond motifs is 1. The van der Waals surface area contributed by atoms with Crippen molar-refractivity contribution in [3.63, 3.8) is 0 Å². The van der Waals surface area contributed by atoms with Crippen LogP contribution in [0.1, 0.15) is 0 Å². The number of aromatic nitrogens is 1. The van der Waals surface area contributed by atoms with E-state index in [4.69, 9.17) is 21.4 Å². The summed E-state index contributed by atoms with van der Waals surface area (Å²) in [7, 11) is 0. The highest BCUT2D eigenvalue weighted by Crippen LogP contribution is 2.28. The van der Waals surface area contributed by atoms with Crippen LogP contribution >= 0.6 is 22.9 Å². The first-order valence-electron chi connectivity index (χ1n) is 4.09. The quantitative estimate of drug-likeness (QED) is 0.879. The van der Waals surface area contributed by atoms with E-state index in [0.717, 1.165) is 16.0 Å². The van der Waals surface area contributed by atoms with E-state index in [1.54, 1.807) is 0 Å². The fourth-order valence-electron chi connectivity index (χ4n) is 1.13. The molecule has 0 unspecified atom stereocenters. The first kappa shape index (κ1) is 9.71. The summed E-state index contributed by atoms with van der Waals surface area (Å²) in [5.74, 6) is 0.729. The highest BCUT2D eigenvalue weighted by atomic mass is 35.5. The summed E-state index contributed by atoms with van der Waals surface area (Å²) < 4.78 is 6.78. The molecular weight excluding hydrogens is 222 g/mol. The smallest absolute Gasteiger partial charge is 0.184 e. The topological polar surface area (TPSA) is 42.4 Å². The lowest BCUT2D eigenvalue weighted by atomic mass is 10.3. The Labute approximate surface area is 89.9 Å². The first-order valence-corrected chi connectivity index (χ1v) is 5.29. The molecule has 1 N–H and O–H groups in total. The van der Waals surface area contributed by atoms with Crippen molar-refractivity contribution in [2.24, 2.45) is 0 Å². The molecule has 0 aliphatic rings. The second-order valence-electron chi connectivity index (χ2n) is 2.67. The second-order valence-corrected chi connectivity index (χ2v) is 4.28. The molecule has 0 bridgehead atoms. The van der Waals surface area contributed by atoms with Crippen molar-refractivity contribution in [2.45, 2.75) is 0 Å². The van der Waals surface area contributed by atoms with Gasteiger partial charge in [0.25, 0.3) is 0 Å². The molecule has 1 heterocycles. The van der Waals surface area contributed by atoms with Gasteiger partial charge in [0, 0.05) is 0 Å². The Kier molecular flexibility index (Phi) is 2.86. The van der Waals surface area contributed by atoms with E-state index in [2.05, 4.69) is 4.98 Å². The molecule has 0 amide bonds. The Morgan fingerprint density at radius 3 is 3.14 bits per heavy atom. The Morgan fingerprint density at radius 2 is 2.36 bits per heavy atom. The highest BCUT2D eigenvalue weighted by molar-refractivity contribution is 7.22. The maximum absolute atomic E-state index is 8.59. The van der Waals surface area contributed by atoms with Crippen LogP contribution in [0.25, 0.3) is 10.2 Å². The number of aliphatic hydroxyl groups is 1. The Hall–Kier alpha value is -0.840. The van der Waals surface area contributed by atoms with Gasteiger partial charge in [0.15, 0.2) is 4.47 Å². The summed E-state index contributed by atoms with van der Waals surface area (Å²) in [5, 5.41) is 8.59. The highest BCUT2D eigenvalue weighted by Gasteiger charge is 2.02. The maximum atomic E-state index is 8.59. The Bertz CT molecular complexity index is 443. The van der Waals surface area contributed by atoms with Gasteiger partial charge in [-0.3, -0.25) is 0 Å². The van der Waals surface area contributed by atoms with E-state index in [1.165, 1.54) is 11.3 Å². The van der Waals surface area contributed by atoms with Crippen LogP contribution in [0, 0.1) is 0 Å². The third-order valence-corrected chi connectivity index (χ3v) is 2.82. The molecule has 0 aliphatic carbocycles. The number of rotatable bonds is 3. The number of benzene rings is 1. The normalized spacial score (nSPS) is 10.7. The fourth-order valence-corrected chi connectivity index (χ4v) is 2.19. The average molecular weight is 230 g/mol. The van der Waals surface area contributed by atoms with E-state index < -0.39 is 0 Å². The van der Waals surface area contributed by atoms with Gasteiger partial charge >= 0.3 is 0 Å². The van der Waals surface area contributed by atoms with Crippen molar-refractivity contribution in [2.75, 3.05) is 13.2 Å². The molecule has 1 aromatic heterocycles. The Balaban J connectivity index is 2.31. The zero-order chi connectivity index (χ0) is 9.97. The maximum Gasteiger partial charge on any atom is 0.184 e. The zero-order valence-electron chi connectivity index (χ0n) is 7.24. The van der Waals surface area contributed by atoms with E-state index in [9.17, 15) is 0 Å². The summed E-state index contributed by atoms with van der Waals surface area (Å²) in [4.78, 5) is 4.11. The van der Waals surface area contributed by atoms with Crippen LogP contribution in [-0.2, 0) is 0 Å². The van der Waals surface area contributed by atoms with Gasteiger partial charge in [-0.25, -0.2) is 4.98 Å². The van der Waals surface area contributed by atoms with Crippen LogP contribution in [0.3, 0.4) is 0 Å². The third kappa shape index (κ3) is 1.97. The van der Waals surface area contributed by atoms with Gasteiger partial charge in [0.05, 0.1) is 16.8 Å². The second kappa shape index (κ2) is 4.13. The average Bonchev–Trinajstić information content (AvgIpc) is 2.54. The van der Waals surface area contributed by atoms with Crippen LogP contribution in [0.2, 0.25) is 4.47 Å². The van der Waals surface area contributed by atoms with Gasteiger partial charge < -0.3 is 9.84 Å². The van der Waals surface area contributed by atoms with Gasteiger partial charge in [-0.05, 0) is 18.2 Å². The van der Waals surface area contributed by atoms with Crippen molar-refractivity contribution in [1.29, 1.82) is 0 Å². The molecular formula is C9H8ClNO2S. The molecule has 0 spiro atoms. The molecule has 0 aliphatic heterocycles. The number of ether oxygens (including phenoxy) is 1. The van der Waals surface area contributed by atoms with Gasteiger partial charge in [-0.15, -0.1) is 11.3 Å². The summed E-state index contributed by atoms with van der Waals surface area (Å²) in [5.41, 5.74) is 0.872. The van der Waals surface area contributed by atoms with Crippen LogP contribution < -0.4 is 4.74 Å². The molecule has 74 valence electrons. The molecule has 0 saturated carbocycles. The molecule has 0 fully saturated rings. The van der Waals surface area contributed by atoms with Crippen LogP contribution in [0.5, 0.6) is 5.75 Å². The summed E-state index contributed by atoms with van der Waals surface area (Å²) >= 11 is 7.18. The number of aliphatic hydroxyl groups excluding tert-OH is 1. The zero-order valence-corrected chi connectivity index (χ0v) is 8.81. The molecule has 1 aromatic carbocycles. The predicted molar refractivity (Wildman–Crippen MR) is 57.2 cm³/mol. The van der Waals surface area contributed by atoms with E-state index >= 15 is 0 Å².